The number of benzene rings is 1. The average molecular weight is 331 g/mol. The summed E-state index contributed by atoms with van der Waals surface area (Å²) in [5.41, 5.74) is 0.674. The minimum atomic E-state index is -0.171. The fourth-order valence-electron chi connectivity index (χ4n) is 3.46. The second kappa shape index (κ2) is 7.55. The van der Waals surface area contributed by atoms with Crippen LogP contribution < -0.4 is 10.1 Å². The Morgan fingerprint density at radius 3 is 2.54 bits per heavy atom. The Kier molecular flexibility index (Phi) is 5.23. The second-order valence-corrected chi connectivity index (χ2v) is 6.45. The standard InChI is InChI=1S/C18H25N3O3/c1-24-16-9-3-2-8-15(16)19-17(22)14-7-6-12-21(13-14)18(23)20-10-4-5-11-20/h2-3,8-9,14H,4-7,10-13H2,1H3,(H,19,22)/t14-/m1/s1. The van der Waals surface area contributed by atoms with Gasteiger partial charge in [0.25, 0.3) is 0 Å². The Morgan fingerprint density at radius 2 is 1.79 bits per heavy atom. The van der Waals surface area contributed by atoms with Gasteiger partial charge in [-0.1, -0.05) is 12.1 Å². The summed E-state index contributed by atoms with van der Waals surface area (Å²) in [5, 5.41) is 2.94. The molecule has 1 atom stereocenters. The van der Waals surface area contributed by atoms with Crippen molar-refractivity contribution in [2.75, 3.05) is 38.6 Å². The number of ether oxygens (including phenoxy) is 1. The molecule has 2 aliphatic heterocycles. The van der Waals surface area contributed by atoms with Gasteiger partial charge in [0.1, 0.15) is 5.75 Å². The van der Waals surface area contributed by atoms with Crippen molar-refractivity contribution in [2.45, 2.75) is 25.7 Å². The molecule has 6 nitrogen and oxygen atoms in total. The summed E-state index contributed by atoms with van der Waals surface area (Å²) >= 11 is 0. The van der Waals surface area contributed by atoms with Gasteiger partial charge in [-0.3, -0.25) is 4.79 Å². The maximum absolute atomic E-state index is 12.6. The predicted molar refractivity (Wildman–Crippen MR) is 92.1 cm³/mol. The van der Waals surface area contributed by atoms with Gasteiger partial charge in [-0.2, -0.15) is 0 Å². The summed E-state index contributed by atoms with van der Waals surface area (Å²) in [7, 11) is 1.59. The summed E-state index contributed by atoms with van der Waals surface area (Å²) in [6, 6.07) is 7.46. The van der Waals surface area contributed by atoms with E-state index in [1.165, 1.54) is 0 Å². The number of anilines is 1. The lowest BCUT2D eigenvalue weighted by molar-refractivity contribution is -0.121. The van der Waals surface area contributed by atoms with Gasteiger partial charge in [-0.05, 0) is 37.8 Å². The second-order valence-electron chi connectivity index (χ2n) is 6.45. The largest absolute Gasteiger partial charge is 0.495 e. The summed E-state index contributed by atoms with van der Waals surface area (Å²) in [6.45, 7) is 2.92. The third-order valence-corrected chi connectivity index (χ3v) is 4.80. The van der Waals surface area contributed by atoms with Crippen molar-refractivity contribution in [1.29, 1.82) is 0 Å². The summed E-state index contributed by atoms with van der Waals surface area (Å²) in [5.74, 6) is 0.431. The highest BCUT2D eigenvalue weighted by Gasteiger charge is 2.31. The van der Waals surface area contributed by atoms with Crippen LogP contribution in [-0.2, 0) is 4.79 Å². The molecule has 0 aromatic heterocycles. The first-order chi connectivity index (χ1) is 11.7. The van der Waals surface area contributed by atoms with Gasteiger partial charge >= 0.3 is 6.03 Å². The highest BCUT2D eigenvalue weighted by atomic mass is 16.5. The lowest BCUT2D eigenvalue weighted by Gasteiger charge is -2.34. The number of likely N-dealkylation sites (tertiary alicyclic amines) is 2. The van der Waals surface area contributed by atoms with E-state index < -0.39 is 0 Å². The van der Waals surface area contributed by atoms with Crippen LogP contribution in [0.5, 0.6) is 5.75 Å². The molecule has 1 aromatic rings. The van der Waals surface area contributed by atoms with Gasteiger partial charge < -0.3 is 19.9 Å². The van der Waals surface area contributed by atoms with Crippen molar-refractivity contribution >= 4 is 17.6 Å². The summed E-state index contributed by atoms with van der Waals surface area (Å²) in [4.78, 5) is 28.9. The molecule has 2 heterocycles. The molecule has 130 valence electrons. The number of carbonyl (C=O) groups excluding carboxylic acids is 2. The molecule has 6 heteroatoms. The van der Waals surface area contributed by atoms with E-state index in [2.05, 4.69) is 5.32 Å². The van der Waals surface area contributed by atoms with Crippen LogP contribution in [0.3, 0.4) is 0 Å². The van der Waals surface area contributed by atoms with Crippen molar-refractivity contribution < 1.29 is 14.3 Å². The van der Waals surface area contributed by atoms with E-state index in [1.807, 2.05) is 34.1 Å². The molecule has 2 aliphatic rings. The number of piperidine rings is 1. The van der Waals surface area contributed by atoms with Crippen LogP contribution in [0.4, 0.5) is 10.5 Å². The van der Waals surface area contributed by atoms with Gasteiger partial charge in [0.2, 0.25) is 5.91 Å². The molecular weight excluding hydrogens is 306 g/mol. The zero-order valence-corrected chi connectivity index (χ0v) is 14.2. The lowest BCUT2D eigenvalue weighted by Crippen LogP contribution is -2.48. The molecular formula is C18H25N3O3. The molecule has 0 unspecified atom stereocenters. The normalized spacial score (nSPS) is 20.8. The fraction of sp³-hybridized carbons (Fsp3) is 0.556. The van der Waals surface area contributed by atoms with Crippen LogP contribution >= 0.6 is 0 Å². The Hall–Kier alpha value is -2.24. The van der Waals surface area contributed by atoms with Crippen LogP contribution in [0.1, 0.15) is 25.7 Å². The van der Waals surface area contributed by atoms with Crippen LogP contribution in [0, 0.1) is 5.92 Å². The summed E-state index contributed by atoms with van der Waals surface area (Å²) in [6.07, 6.45) is 3.84. The van der Waals surface area contributed by atoms with Gasteiger partial charge in [-0.15, -0.1) is 0 Å². The molecule has 0 bridgehead atoms. The van der Waals surface area contributed by atoms with Gasteiger partial charge in [0, 0.05) is 26.2 Å². The Labute approximate surface area is 142 Å². The highest BCUT2D eigenvalue weighted by Crippen LogP contribution is 2.26. The molecule has 1 N–H and O–H groups in total. The molecule has 2 fully saturated rings. The number of hydrogen-bond donors (Lipinski definition) is 1. The maximum Gasteiger partial charge on any atom is 0.320 e. The Bertz CT molecular complexity index is 599. The minimum absolute atomic E-state index is 0.0431. The first-order valence-electron chi connectivity index (χ1n) is 8.67. The smallest absolute Gasteiger partial charge is 0.320 e. The highest BCUT2D eigenvalue weighted by molar-refractivity contribution is 5.94. The van der Waals surface area contributed by atoms with E-state index in [0.29, 0.717) is 18.0 Å². The average Bonchev–Trinajstić information content (AvgIpc) is 3.16. The monoisotopic (exact) mass is 331 g/mol. The topological polar surface area (TPSA) is 61.9 Å². The van der Waals surface area contributed by atoms with Crippen molar-refractivity contribution in [2.24, 2.45) is 5.92 Å². The van der Waals surface area contributed by atoms with E-state index in [1.54, 1.807) is 7.11 Å². The molecule has 0 radical (unpaired) electrons. The van der Waals surface area contributed by atoms with Crippen LogP contribution in [-0.4, -0.2) is 55.0 Å². The molecule has 2 saturated heterocycles. The molecule has 0 saturated carbocycles. The molecule has 24 heavy (non-hydrogen) atoms. The third kappa shape index (κ3) is 3.63. The zero-order valence-electron chi connectivity index (χ0n) is 14.2. The lowest BCUT2D eigenvalue weighted by atomic mass is 9.97. The van der Waals surface area contributed by atoms with Crippen LogP contribution in [0.2, 0.25) is 0 Å². The number of rotatable bonds is 3. The van der Waals surface area contributed by atoms with Crippen molar-refractivity contribution in [3.63, 3.8) is 0 Å². The molecule has 0 spiro atoms. The number of carbonyl (C=O) groups is 2. The Morgan fingerprint density at radius 1 is 1.08 bits per heavy atom. The first-order valence-corrected chi connectivity index (χ1v) is 8.67. The van der Waals surface area contributed by atoms with Crippen molar-refractivity contribution in [3.8, 4) is 5.75 Å². The van der Waals surface area contributed by atoms with Gasteiger partial charge in [0.05, 0.1) is 18.7 Å². The molecule has 1 aromatic carbocycles. The van der Waals surface area contributed by atoms with Crippen LogP contribution in [0.25, 0.3) is 0 Å². The number of urea groups is 1. The van der Waals surface area contributed by atoms with Crippen molar-refractivity contribution in [3.05, 3.63) is 24.3 Å². The van der Waals surface area contributed by atoms with Gasteiger partial charge in [0.15, 0.2) is 0 Å². The summed E-state index contributed by atoms with van der Waals surface area (Å²) < 4.78 is 5.27. The predicted octanol–water partition coefficient (Wildman–Crippen LogP) is 2.56. The number of nitrogens with zero attached hydrogens (tertiary/aromatic N) is 2. The molecule has 0 aliphatic carbocycles. The van der Waals surface area contributed by atoms with E-state index in [9.17, 15) is 9.59 Å². The van der Waals surface area contributed by atoms with Crippen LogP contribution in [0.15, 0.2) is 24.3 Å². The van der Waals surface area contributed by atoms with E-state index in [0.717, 1.165) is 45.3 Å². The fourth-order valence-corrected chi connectivity index (χ4v) is 3.46. The number of nitrogens with one attached hydrogen (secondary N) is 1. The minimum Gasteiger partial charge on any atom is -0.495 e. The van der Waals surface area contributed by atoms with E-state index in [-0.39, 0.29) is 17.9 Å². The van der Waals surface area contributed by atoms with Crippen molar-refractivity contribution in [1.82, 2.24) is 9.80 Å². The van der Waals surface area contributed by atoms with E-state index in [4.69, 9.17) is 4.74 Å². The zero-order chi connectivity index (χ0) is 16.9. The number of methoxy groups -OCH3 is 1. The first kappa shape index (κ1) is 16.6. The molecule has 3 amide bonds. The number of amides is 3. The SMILES string of the molecule is COc1ccccc1NC(=O)[C@@H]1CCCN(C(=O)N2CCCC2)C1. The maximum atomic E-state index is 12.6. The molecule has 3 rings (SSSR count). The third-order valence-electron chi connectivity index (χ3n) is 4.80. The number of hydrogen-bond acceptors (Lipinski definition) is 3. The quantitative estimate of drug-likeness (QED) is 0.926. The Balaban J connectivity index is 1.61. The van der Waals surface area contributed by atoms with Gasteiger partial charge in [-0.25, -0.2) is 4.79 Å². The van der Waals surface area contributed by atoms with E-state index >= 15 is 0 Å². The number of para-hydroxylation sites is 2.